The Labute approximate surface area is 164 Å². The Kier molecular flexibility index (Phi) is 19.4. The molecule has 0 saturated carbocycles. The molecule has 0 heterocycles. The summed E-state index contributed by atoms with van der Waals surface area (Å²) in [4.78, 5) is 20.2. The standard InChI is InChI=1S/C11H20O2.C8H8.C4H6O2/c1-3-5-6-7-8-9-10-13-11(12)4-2;1-2-8-6-4-3-5-7-8;1-3(2)4(5)6/h4H,2-3,5-10H2,1H3;2-7H,1H2;1H2,2H3,(H,5,6). The number of carboxylic acids is 1. The van der Waals surface area contributed by atoms with E-state index in [9.17, 15) is 9.59 Å². The van der Waals surface area contributed by atoms with E-state index in [1.54, 1.807) is 0 Å². The van der Waals surface area contributed by atoms with Crippen molar-refractivity contribution >= 4 is 18.0 Å². The summed E-state index contributed by atoms with van der Waals surface area (Å²) in [5.74, 6) is -1.25. The fraction of sp³-hybridized carbons (Fsp3) is 0.391. The van der Waals surface area contributed by atoms with Crippen LogP contribution in [0, 0.1) is 0 Å². The summed E-state index contributed by atoms with van der Waals surface area (Å²) in [7, 11) is 0. The molecule has 0 aliphatic heterocycles. The lowest BCUT2D eigenvalue weighted by Crippen LogP contribution is -2.01. The summed E-state index contributed by atoms with van der Waals surface area (Å²) in [6.45, 7) is 14.3. The van der Waals surface area contributed by atoms with Crippen molar-refractivity contribution in [1.29, 1.82) is 0 Å². The van der Waals surface area contributed by atoms with Gasteiger partial charge in [-0.1, -0.05) is 95.2 Å². The summed E-state index contributed by atoms with van der Waals surface area (Å²) in [6.07, 6.45) is 10.3. The number of hydrogen-bond acceptors (Lipinski definition) is 3. The van der Waals surface area contributed by atoms with Gasteiger partial charge in [-0.15, -0.1) is 0 Å². The molecule has 0 unspecified atom stereocenters. The van der Waals surface area contributed by atoms with Crippen LogP contribution in [-0.2, 0) is 14.3 Å². The zero-order valence-electron chi connectivity index (χ0n) is 16.8. The molecule has 0 atom stereocenters. The van der Waals surface area contributed by atoms with Gasteiger partial charge in [-0.05, 0) is 18.9 Å². The molecule has 4 nitrogen and oxygen atoms in total. The minimum Gasteiger partial charge on any atom is -0.478 e. The molecule has 4 heteroatoms. The summed E-state index contributed by atoms with van der Waals surface area (Å²) in [6, 6.07) is 10.0. The van der Waals surface area contributed by atoms with Gasteiger partial charge >= 0.3 is 11.9 Å². The molecule has 1 N–H and O–H groups in total. The third-order valence-corrected chi connectivity index (χ3v) is 3.31. The van der Waals surface area contributed by atoms with Crippen LogP contribution in [0.5, 0.6) is 0 Å². The lowest BCUT2D eigenvalue weighted by Gasteiger charge is -2.01. The zero-order chi connectivity index (χ0) is 20.9. The maximum absolute atomic E-state index is 10.6. The number of carboxylic acid groups (broad SMARTS) is 1. The molecule has 0 spiro atoms. The SMILES string of the molecule is C=C(C)C(=O)O.C=CC(=O)OCCCCCCCC.C=Cc1ccccc1. The van der Waals surface area contributed by atoms with Crippen LogP contribution in [0.2, 0.25) is 0 Å². The summed E-state index contributed by atoms with van der Waals surface area (Å²) < 4.78 is 4.84. The number of ether oxygens (including phenoxy) is 1. The molecular weight excluding hydrogens is 340 g/mol. The summed E-state index contributed by atoms with van der Waals surface area (Å²) in [5.41, 5.74) is 1.35. The molecule has 0 radical (unpaired) electrons. The van der Waals surface area contributed by atoms with E-state index in [4.69, 9.17) is 9.84 Å². The minimum atomic E-state index is -0.935. The number of unbranched alkanes of at least 4 members (excludes halogenated alkanes) is 5. The van der Waals surface area contributed by atoms with E-state index < -0.39 is 5.97 Å². The van der Waals surface area contributed by atoms with Crippen molar-refractivity contribution in [2.75, 3.05) is 6.61 Å². The van der Waals surface area contributed by atoms with Crippen LogP contribution < -0.4 is 0 Å². The van der Waals surface area contributed by atoms with Gasteiger partial charge in [0.05, 0.1) is 6.61 Å². The van der Waals surface area contributed by atoms with Crippen LogP contribution in [0.1, 0.15) is 57.9 Å². The molecule has 1 rings (SSSR count). The van der Waals surface area contributed by atoms with E-state index in [0.29, 0.717) is 6.61 Å². The predicted molar refractivity (Wildman–Crippen MR) is 114 cm³/mol. The highest BCUT2D eigenvalue weighted by atomic mass is 16.5. The van der Waals surface area contributed by atoms with Crippen molar-refractivity contribution in [1.82, 2.24) is 0 Å². The van der Waals surface area contributed by atoms with Gasteiger partial charge in [0.1, 0.15) is 0 Å². The first kappa shape index (κ1) is 26.6. The number of benzene rings is 1. The Balaban J connectivity index is 0. The third kappa shape index (κ3) is 21.3. The number of carbonyl (C=O) groups is 2. The molecule has 0 fully saturated rings. The molecule has 0 amide bonds. The Morgan fingerprint density at radius 1 is 1.04 bits per heavy atom. The van der Waals surface area contributed by atoms with Gasteiger partial charge in [0.15, 0.2) is 0 Å². The largest absolute Gasteiger partial charge is 0.478 e. The molecule has 0 bridgehead atoms. The normalized spacial score (nSPS) is 8.81. The van der Waals surface area contributed by atoms with Crippen LogP contribution >= 0.6 is 0 Å². The van der Waals surface area contributed by atoms with Gasteiger partial charge in [-0.3, -0.25) is 0 Å². The fourth-order valence-corrected chi connectivity index (χ4v) is 1.70. The smallest absolute Gasteiger partial charge is 0.330 e. The molecule has 0 saturated heterocycles. The Morgan fingerprint density at radius 3 is 1.96 bits per heavy atom. The zero-order valence-corrected chi connectivity index (χ0v) is 16.8. The van der Waals surface area contributed by atoms with E-state index in [1.807, 2.05) is 36.4 Å². The molecule has 0 aliphatic carbocycles. The van der Waals surface area contributed by atoms with E-state index >= 15 is 0 Å². The molecular formula is C23H34O4. The van der Waals surface area contributed by atoms with Gasteiger partial charge in [-0.2, -0.15) is 0 Å². The van der Waals surface area contributed by atoms with E-state index in [1.165, 1.54) is 44.2 Å². The second-order valence-corrected chi connectivity index (χ2v) is 5.84. The van der Waals surface area contributed by atoms with E-state index in [-0.39, 0.29) is 11.5 Å². The second-order valence-electron chi connectivity index (χ2n) is 5.84. The quantitative estimate of drug-likeness (QED) is 0.307. The lowest BCUT2D eigenvalue weighted by molar-refractivity contribution is -0.138. The summed E-state index contributed by atoms with van der Waals surface area (Å²) in [5, 5.41) is 7.89. The molecule has 150 valence electrons. The Morgan fingerprint density at radius 2 is 1.56 bits per heavy atom. The first-order chi connectivity index (χ1) is 12.9. The van der Waals surface area contributed by atoms with Crippen molar-refractivity contribution in [2.24, 2.45) is 0 Å². The Bertz CT molecular complexity index is 535. The van der Waals surface area contributed by atoms with Gasteiger partial charge < -0.3 is 9.84 Å². The minimum absolute atomic E-state index is 0.176. The van der Waals surface area contributed by atoms with Crippen molar-refractivity contribution in [3.05, 3.63) is 67.3 Å². The van der Waals surface area contributed by atoms with Crippen molar-refractivity contribution in [2.45, 2.75) is 52.4 Å². The lowest BCUT2D eigenvalue weighted by atomic mass is 10.1. The highest BCUT2D eigenvalue weighted by Gasteiger charge is 1.94. The van der Waals surface area contributed by atoms with Gasteiger partial charge in [0.2, 0.25) is 0 Å². The highest BCUT2D eigenvalue weighted by molar-refractivity contribution is 5.84. The number of esters is 1. The van der Waals surface area contributed by atoms with Gasteiger partial charge in [-0.25, -0.2) is 9.59 Å². The monoisotopic (exact) mass is 374 g/mol. The first-order valence-electron chi connectivity index (χ1n) is 9.24. The number of carbonyl (C=O) groups excluding carboxylic acids is 1. The maximum Gasteiger partial charge on any atom is 0.330 e. The van der Waals surface area contributed by atoms with Gasteiger partial charge in [0, 0.05) is 11.6 Å². The third-order valence-electron chi connectivity index (χ3n) is 3.31. The van der Waals surface area contributed by atoms with Crippen LogP contribution in [0.15, 0.2) is 61.7 Å². The highest BCUT2D eigenvalue weighted by Crippen LogP contribution is 2.04. The van der Waals surface area contributed by atoms with Crippen LogP contribution in [-0.4, -0.2) is 23.7 Å². The first-order valence-corrected chi connectivity index (χ1v) is 9.24. The van der Waals surface area contributed by atoms with Crippen molar-refractivity contribution in [3.8, 4) is 0 Å². The van der Waals surface area contributed by atoms with Crippen molar-refractivity contribution in [3.63, 3.8) is 0 Å². The fourth-order valence-electron chi connectivity index (χ4n) is 1.70. The van der Waals surface area contributed by atoms with Crippen LogP contribution in [0.25, 0.3) is 6.08 Å². The predicted octanol–water partition coefficient (Wildman–Crippen LogP) is 6.05. The molecule has 1 aromatic carbocycles. The van der Waals surface area contributed by atoms with E-state index in [0.717, 1.165) is 12.8 Å². The molecule has 0 aromatic heterocycles. The topological polar surface area (TPSA) is 63.6 Å². The number of rotatable bonds is 10. The Hall–Kier alpha value is -2.62. The average molecular weight is 375 g/mol. The van der Waals surface area contributed by atoms with Crippen LogP contribution in [0.4, 0.5) is 0 Å². The molecule has 27 heavy (non-hydrogen) atoms. The molecule has 1 aromatic rings. The van der Waals surface area contributed by atoms with Gasteiger partial charge in [0.25, 0.3) is 0 Å². The van der Waals surface area contributed by atoms with E-state index in [2.05, 4.69) is 26.7 Å². The average Bonchev–Trinajstić information content (AvgIpc) is 2.68. The number of aliphatic carboxylic acids is 1. The maximum atomic E-state index is 10.6. The van der Waals surface area contributed by atoms with Crippen molar-refractivity contribution < 1.29 is 19.4 Å². The second kappa shape index (κ2) is 19.7. The van der Waals surface area contributed by atoms with Crippen LogP contribution in [0.3, 0.4) is 0 Å². The molecule has 0 aliphatic rings. The number of hydrogen-bond donors (Lipinski definition) is 1. The summed E-state index contributed by atoms with van der Waals surface area (Å²) >= 11 is 0.